The molecule has 96 valence electrons. The Bertz CT molecular complexity index is 547. The maximum atomic E-state index is 5.69. The third-order valence-corrected chi connectivity index (χ3v) is 2.71. The summed E-state index contributed by atoms with van der Waals surface area (Å²) in [6.45, 7) is 2.51. The van der Waals surface area contributed by atoms with Crippen molar-refractivity contribution in [2.24, 2.45) is 12.8 Å². The molecule has 0 atom stereocenters. The molecule has 0 saturated carbocycles. The standard InChI is InChI=1S/C10H14N6OS/c1-6-8(9(11)18)10(16(2)15-6)12-4-3-7-13-5-14-17-7/h5,12H,3-4H2,1-2H3,(H2,11,18). The number of nitrogens with two attached hydrogens (primary N) is 1. The molecule has 0 radical (unpaired) electrons. The molecule has 2 rings (SSSR count). The van der Waals surface area contributed by atoms with E-state index >= 15 is 0 Å². The van der Waals surface area contributed by atoms with Crippen LogP contribution in [0.3, 0.4) is 0 Å². The van der Waals surface area contributed by atoms with Gasteiger partial charge in [-0.3, -0.25) is 4.68 Å². The number of anilines is 1. The number of thiocarbonyl (C=S) groups is 1. The van der Waals surface area contributed by atoms with Crippen molar-refractivity contribution in [2.75, 3.05) is 11.9 Å². The molecule has 0 aliphatic rings. The predicted molar refractivity (Wildman–Crippen MR) is 70.3 cm³/mol. The molecule has 0 fully saturated rings. The van der Waals surface area contributed by atoms with Gasteiger partial charge in [0.25, 0.3) is 0 Å². The minimum absolute atomic E-state index is 0.334. The fourth-order valence-corrected chi connectivity index (χ4v) is 1.99. The van der Waals surface area contributed by atoms with Gasteiger partial charge in [-0.25, -0.2) is 0 Å². The van der Waals surface area contributed by atoms with Gasteiger partial charge in [0.2, 0.25) is 5.89 Å². The van der Waals surface area contributed by atoms with E-state index in [9.17, 15) is 0 Å². The summed E-state index contributed by atoms with van der Waals surface area (Å²) in [4.78, 5) is 4.28. The van der Waals surface area contributed by atoms with Gasteiger partial charge in [0.05, 0.1) is 11.3 Å². The third kappa shape index (κ3) is 2.48. The first-order valence-electron chi connectivity index (χ1n) is 5.42. The van der Waals surface area contributed by atoms with E-state index in [2.05, 4.69) is 20.6 Å². The van der Waals surface area contributed by atoms with Crippen LogP contribution >= 0.6 is 12.2 Å². The fourth-order valence-electron chi connectivity index (χ4n) is 1.75. The topological polar surface area (TPSA) is 94.8 Å². The zero-order valence-electron chi connectivity index (χ0n) is 10.2. The minimum atomic E-state index is 0.334. The molecule has 0 aliphatic heterocycles. The molecule has 0 unspecified atom stereocenters. The number of nitrogens with one attached hydrogen (secondary N) is 1. The van der Waals surface area contributed by atoms with Crippen molar-refractivity contribution in [3.05, 3.63) is 23.5 Å². The molecule has 2 heterocycles. The Morgan fingerprint density at radius 2 is 2.39 bits per heavy atom. The molecule has 0 aliphatic carbocycles. The van der Waals surface area contributed by atoms with Gasteiger partial charge in [0.15, 0.2) is 6.33 Å². The number of hydrogen-bond acceptors (Lipinski definition) is 6. The quantitative estimate of drug-likeness (QED) is 0.756. The van der Waals surface area contributed by atoms with E-state index in [0.717, 1.165) is 17.1 Å². The van der Waals surface area contributed by atoms with Gasteiger partial charge in [0, 0.05) is 20.0 Å². The van der Waals surface area contributed by atoms with E-state index in [1.54, 1.807) is 4.68 Å². The second-order valence-electron chi connectivity index (χ2n) is 3.81. The number of aryl methyl sites for hydroxylation is 2. The van der Waals surface area contributed by atoms with Crippen LogP contribution in [0.5, 0.6) is 0 Å². The Kier molecular flexibility index (Phi) is 3.56. The smallest absolute Gasteiger partial charge is 0.228 e. The van der Waals surface area contributed by atoms with Gasteiger partial charge < -0.3 is 15.6 Å². The lowest BCUT2D eigenvalue weighted by Crippen LogP contribution is -2.16. The van der Waals surface area contributed by atoms with Crippen molar-refractivity contribution in [1.29, 1.82) is 0 Å². The van der Waals surface area contributed by atoms with E-state index in [1.807, 2.05) is 14.0 Å². The molecule has 2 aromatic rings. The Labute approximate surface area is 109 Å². The number of aromatic nitrogens is 4. The van der Waals surface area contributed by atoms with Crippen LogP contribution in [0.2, 0.25) is 0 Å². The molecule has 18 heavy (non-hydrogen) atoms. The van der Waals surface area contributed by atoms with E-state index in [-0.39, 0.29) is 0 Å². The highest BCUT2D eigenvalue weighted by molar-refractivity contribution is 7.80. The first-order chi connectivity index (χ1) is 8.59. The third-order valence-electron chi connectivity index (χ3n) is 2.51. The Morgan fingerprint density at radius 1 is 1.61 bits per heavy atom. The van der Waals surface area contributed by atoms with Gasteiger partial charge in [-0.1, -0.05) is 17.4 Å². The fraction of sp³-hybridized carbons (Fsp3) is 0.400. The van der Waals surface area contributed by atoms with Crippen LogP contribution in [-0.4, -0.2) is 31.5 Å². The monoisotopic (exact) mass is 266 g/mol. The van der Waals surface area contributed by atoms with Crippen LogP contribution in [-0.2, 0) is 13.5 Å². The summed E-state index contributed by atoms with van der Waals surface area (Å²) in [5.74, 6) is 1.39. The normalized spacial score (nSPS) is 10.6. The largest absolute Gasteiger partial charge is 0.389 e. The summed E-state index contributed by atoms with van der Waals surface area (Å²) in [6, 6.07) is 0. The van der Waals surface area contributed by atoms with Gasteiger partial charge in [-0.2, -0.15) is 10.1 Å². The summed E-state index contributed by atoms with van der Waals surface area (Å²) in [5.41, 5.74) is 7.28. The van der Waals surface area contributed by atoms with Gasteiger partial charge in [0.1, 0.15) is 10.8 Å². The predicted octanol–water partition coefficient (Wildman–Crippen LogP) is 0.400. The molecule has 0 saturated heterocycles. The van der Waals surface area contributed by atoms with Gasteiger partial charge in [-0.15, -0.1) is 0 Å². The SMILES string of the molecule is Cc1nn(C)c(NCCc2ncno2)c1C(N)=S. The Balaban J connectivity index is 2.07. The Morgan fingerprint density at radius 3 is 3.00 bits per heavy atom. The van der Waals surface area contributed by atoms with Crippen LogP contribution < -0.4 is 11.1 Å². The lowest BCUT2D eigenvalue weighted by molar-refractivity contribution is 0.379. The zero-order valence-corrected chi connectivity index (χ0v) is 11.0. The number of nitrogens with zero attached hydrogens (tertiary/aromatic N) is 4. The van der Waals surface area contributed by atoms with E-state index in [1.165, 1.54) is 6.33 Å². The lowest BCUT2D eigenvalue weighted by atomic mass is 10.2. The first-order valence-corrected chi connectivity index (χ1v) is 5.83. The number of rotatable bonds is 5. The molecule has 3 N–H and O–H groups in total. The highest BCUT2D eigenvalue weighted by Gasteiger charge is 2.15. The van der Waals surface area contributed by atoms with Crippen molar-refractivity contribution in [3.8, 4) is 0 Å². The summed E-state index contributed by atoms with van der Waals surface area (Å²) in [7, 11) is 1.84. The zero-order chi connectivity index (χ0) is 13.1. The maximum absolute atomic E-state index is 5.69. The maximum Gasteiger partial charge on any atom is 0.228 e. The second-order valence-corrected chi connectivity index (χ2v) is 4.25. The Hall–Kier alpha value is -1.96. The highest BCUT2D eigenvalue weighted by Crippen LogP contribution is 2.18. The van der Waals surface area contributed by atoms with Crippen LogP contribution in [0.15, 0.2) is 10.9 Å². The molecule has 0 aromatic carbocycles. The molecular formula is C10H14N6OS. The van der Waals surface area contributed by atoms with Crippen LogP contribution in [0.1, 0.15) is 17.1 Å². The van der Waals surface area contributed by atoms with E-state index < -0.39 is 0 Å². The summed E-state index contributed by atoms with van der Waals surface area (Å²) < 4.78 is 6.63. The molecule has 8 heteroatoms. The summed E-state index contributed by atoms with van der Waals surface area (Å²) >= 11 is 5.02. The highest BCUT2D eigenvalue weighted by atomic mass is 32.1. The average Bonchev–Trinajstić information content (AvgIpc) is 2.87. The molecule has 0 amide bonds. The molecule has 0 bridgehead atoms. The van der Waals surface area contributed by atoms with Crippen LogP contribution in [0.25, 0.3) is 0 Å². The van der Waals surface area contributed by atoms with Crippen molar-refractivity contribution < 1.29 is 4.52 Å². The van der Waals surface area contributed by atoms with E-state index in [0.29, 0.717) is 23.8 Å². The van der Waals surface area contributed by atoms with Crippen molar-refractivity contribution >= 4 is 23.0 Å². The van der Waals surface area contributed by atoms with Crippen molar-refractivity contribution in [3.63, 3.8) is 0 Å². The molecular weight excluding hydrogens is 252 g/mol. The number of hydrogen-bond donors (Lipinski definition) is 2. The second kappa shape index (κ2) is 5.13. The minimum Gasteiger partial charge on any atom is -0.389 e. The lowest BCUT2D eigenvalue weighted by Gasteiger charge is -2.07. The van der Waals surface area contributed by atoms with Crippen molar-refractivity contribution in [1.82, 2.24) is 19.9 Å². The summed E-state index contributed by atoms with van der Waals surface area (Å²) in [6.07, 6.45) is 2.00. The van der Waals surface area contributed by atoms with Gasteiger partial charge in [-0.05, 0) is 6.92 Å². The summed E-state index contributed by atoms with van der Waals surface area (Å²) in [5, 5.41) is 11.1. The van der Waals surface area contributed by atoms with Crippen LogP contribution in [0, 0.1) is 6.92 Å². The van der Waals surface area contributed by atoms with Crippen molar-refractivity contribution in [2.45, 2.75) is 13.3 Å². The molecule has 2 aromatic heterocycles. The molecule has 7 nitrogen and oxygen atoms in total. The van der Waals surface area contributed by atoms with E-state index in [4.69, 9.17) is 22.5 Å². The van der Waals surface area contributed by atoms with Gasteiger partial charge >= 0.3 is 0 Å². The van der Waals surface area contributed by atoms with Crippen LogP contribution in [0.4, 0.5) is 5.82 Å². The average molecular weight is 266 g/mol. The first kappa shape index (κ1) is 12.5. The molecule has 0 spiro atoms.